The molecule has 0 spiro atoms. The van der Waals surface area contributed by atoms with Crippen LogP contribution in [0, 0.1) is 6.92 Å². The van der Waals surface area contributed by atoms with Gasteiger partial charge in [-0.1, -0.05) is 0 Å². The van der Waals surface area contributed by atoms with Crippen molar-refractivity contribution < 1.29 is 13.2 Å². The molecule has 0 saturated carbocycles. The van der Waals surface area contributed by atoms with Crippen molar-refractivity contribution in [2.75, 3.05) is 0 Å². The van der Waals surface area contributed by atoms with Gasteiger partial charge >= 0.3 is 6.18 Å². The van der Waals surface area contributed by atoms with Gasteiger partial charge in [-0.25, -0.2) is 0 Å². The van der Waals surface area contributed by atoms with Crippen LogP contribution in [0.3, 0.4) is 0 Å². The molecule has 0 aliphatic carbocycles. The Morgan fingerprint density at radius 3 is 2.17 bits per heavy atom. The molecule has 12 heavy (non-hydrogen) atoms. The van der Waals surface area contributed by atoms with Gasteiger partial charge in [0, 0.05) is 18.9 Å². The first-order valence-corrected chi connectivity index (χ1v) is 3.68. The summed E-state index contributed by atoms with van der Waals surface area (Å²) in [5, 5.41) is 0. The summed E-state index contributed by atoms with van der Waals surface area (Å²) < 4.78 is 38.1. The molecule has 1 rings (SSSR count). The number of aromatic nitrogens is 1. The first kappa shape index (κ1) is 9.16. The third-order valence-corrected chi connectivity index (χ3v) is 1.75. The molecule has 0 unspecified atom stereocenters. The van der Waals surface area contributed by atoms with E-state index in [2.05, 4.69) is 0 Å². The highest BCUT2D eigenvalue weighted by Crippen LogP contribution is 2.31. The Labute approximate surface area is 68.8 Å². The Balaban J connectivity index is 3.08. The second kappa shape index (κ2) is 2.84. The summed E-state index contributed by atoms with van der Waals surface area (Å²) >= 11 is 0. The Hall–Kier alpha value is -0.930. The number of aryl methyl sites for hydroxylation is 2. The topological polar surface area (TPSA) is 4.93 Å². The van der Waals surface area contributed by atoms with Gasteiger partial charge in [-0.05, 0) is 19.4 Å². The summed E-state index contributed by atoms with van der Waals surface area (Å²) in [7, 11) is 0. The van der Waals surface area contributed by atoms with E-state index in [0.29, 0.717) is 6.54 Å². The van der Waals surface area contributed by atoms with Crippen LogP contribution >= 0.6 is 0 Å². The summed E-state index contributed by atoms with van der Waals surface area (Å²) in [4.78, 5) is 0. The fourth-order valence-electron chi connectivity index (χ4n) is 1.10. The van der Waals surface area contributed by atoms with Gasteiger partial charge in [0.1, 0.15) is 0 Å². The molecule has 1 aromatic heterocycles. The molecule has 4 heteroatoms. The molecule has 0 atom stereocenters. The van der Waals surface area contributed by atoms with E-state index >= 15 is 0 Å². The zero-order chi connectivity index (χ0) is 9.35. The summed E-state index contributed by atoms with van der Waals surface area (Å²) in [5.74, 6) is 0. The summed E-state index contributed by atoms with van der Waals surface area (Å²) in [6, 6.07) is 0. The maximum Gasteiger partial charge on any atom is 0.418 e. The second-order valence-corrected chi connectivity index (χ2v) is 2.68. The standard InChI is InChI=1S/C8H10F3N/c1-3-12-4-6(2)7(5-12)8(9,10)11/h4-5H,3H2,1-2H3. The number of alkyl halides is 3. The Morgan fingerprint density at radius 2 is 1.92 bits per heavy atom. The van der Waals surface area contributed by atoms with Crippen molar-refractivity contribution in [3.05, 3.63) is 23.5 Å². The molecule has 0 amide bonds. The van der Waals surface area contributed by atoms with Crippen LogP contribution in [0.25, 0.3) is 0 Å². The lowest BCUT2D eigenvalue weighted by Gasteiger charge is -2.03. The van der Waals surface area contributed by atoms with E-state index in [-0.39, 0.29) is 5.56 Å². The van der Waals surface area contributed by atoms with Crippen LogP contribution in [0.2, 0.25) is 0 Å². The quantitative estimate of drug-likeness (QED) is 0.621. The van der Waals surface area contributed by atoms with Gasteiger partial charge in [0.2, 0.25) is 0 Å². The molecule has 0 saturated heterocycles. The first-order chi connectivity index (χ1) is 5.45. The van der Waals surface area contributed by atoms with Gasteiger partial charge in [-0.15, -0.1) is 0 Å². The lowest BCUT2D eigenvalue weighted by atomic mass is 10.2. The van der Waals surface area contributed by atoms with Crippen molar-refractivity contribution in [2.45, 2.75) is 26.6 Å². The van der Waals surface area contributed by atoms with E-state index in [9.17, 15) is 13.2 Å². The highest BCUT2D eigenvalue weighted by Gasteiger charge is 2.33. The SMILES string of the molecule is CCn1cc(C)c(C(F)(F)F)c1. The number of halogens is 3. The van der Waals surface area contributed by atoms with E-state index in [1.165, 1.54) is 17.7 Å². The fraction of sp³-hybridized carbons (Fsp3) is 0.500. The van der Waals surface area contributed by atoms with Crippen LogP contribution in [0.1, 0.15) is 18.1 Å². The second-order valence-electron chi connectivity index (χ2n) is 2.68. The Bertz CT molecular complexity index is 272. The van der Waals surface area contributed by atoms with Crippen molar-refractivity contribution in [1.82, 2.24) is 4.57 Å². The summed E-state index contributed by atoms with van der Waals surface area (Å²) in [6.07, 6.45) is -1.58. The van der Waals surface area contributed by atoms with Crippen molar-refractivity contribution >= 4 is 0 Å². The van der Waals surface area contributed by atoms with Crippen LogP contribution in [-0.4, -0.2) is 4.57 Å². The van der Waals surface area contributed by atoms with E-state index in [1.54, 1.807) is 6.92 Å². The average molecular weight is 177 g/mol. The van der Waals surface area contributed by atoms with E-state index < -0.39 is 11.7 Å². The number of rotatable bonds is 1. The molecule has 0 aliphatic heterocycles. The van der Waals surface area contributed by atoms with E-state index in [1.807, 2.05) is 0 Å². The number of nitrogens with zero attached hydrogens (tertiary/aromatic N) is 1. The molecule has 0 aliphatic rings. The molecule has 0 fully saturated rings. The molecule has 1 aromatic rings. The zero-order valence-electron chi connectivity index (χ0n) is 6.94. The third kappa shape index (κ3) is 1.62. The molecule has 0 radical (unpaired) electrons. The van der Waals surface area contributed by atoms with Crippen molar-refractivity contribution in [2.24, 2.45) is 0 Å². The largest absolute Gasteiger partial charge is 0.418 e. The van der Waals surface area contributed by atoms with Gasteiger partial charge in [0.25, 0.3) is 0 Å². The monoisotopic (exact) mass is 177 g/mol. The minimum Gasteiger partial charge on any atom is -0.354 e. The lowest BCUT2D eigenvalue weighted by molar-refractivity contribution is -0.138. The van der Waals surface area contributed by atoms with Gasteiger partial charge in [-0.2, -0.15) is 13.2 Å². The van der Waals surface area contributed by atoms with Gasteiger partial charge < -0.3 is 4.57 Å². The molecule has 0 bridgehead atoms. The van der Waals surface area contributed by atoms with Gasteiger partial charge in [0.05, 0.1) is 5.56 Å². The Kier molecular flexibility index (Phi) is 2.17. The lowest BCUT2D eigenvalue weighted by Crippen LogP contribution is -2.04. The minimum absolute atomic E-state index is 0.282. The molecular weight excluding hydrogens is 167 g/mol. The predicted octanol–water partition coefficient (Wildman–Crippen LogP) is 2.84. The molecular formula is C8H10F3N. The third-order valence-electron chi connectivity index (χ3n) is 1.75. The maximum atomic E-state index is 12.2. The van der Waals surface area contributed by atoms with Crippen LogP contribution in [0.4, 0.5) is 13.2 Å². The van der Waals surface area contributed by atoms with Crippen LogP contribution < -0.4 is 0 Å². The van der Waals surface area contributed by atoms with Crippen LogP contribution in [0.5, 0.6) is 0 Å². The maximum absolute atomic E-state index is 12.2. The van der Waals surface area contributed by atoms with Crippen LogP contribution in [-0.2, 0) is 12.7 Å². The van der Waals surface area contributed by atoms with Crippen molar-refractivity contribution in [3.63, 3.8) is 0 Å². The summed E-state index contributed by atoms with van der Waals surface area (Å²) in [6.45, 7) is 3.84. The minimum atomic E-state index is -4.22. The van der Waals surface area contributed by atoms with Crippen LogP contribution in [0.15, 0.2) is 12.4 Å². The summed E-state index contributed by atoms with van der Waals surface area (Å²) in [5.41, 5.74) is -0.256. The molecule has 0 aromatic carbocycles. The number of hydrogen-bond donors (Lipinski definition) is 0. The molecule has 68 valence electrons. The Morgan fingerprint density at radius 1 is 1.33 bits per heavy atom. The smallest absolute Gasteiger partial charge is 0.354 e. The molecule has 1 heterocycles. The highest BCUT2D eigenvalue weighted by atomic mass is 19.4. The molecule has 0 N–H and O–H groups in total. The highest BCUT2D eigenvalue weighted by molar-refractivity contribution is 5.25. The first-order valence-electron chi connectivity index (χ1n) is 3.68. The predicted molar refractivity (Wildman–Crippen MR) is 39.8 cm³/mol. The van der Waals surface area contributed by atoms with Crippen molar-refractivity contribution in [3.8, 4) is 0 Å². The fourth-order valence-corrected chi connectivity index (χ4v) is 1.10. The van der Waals surface area contributed by atoms with Crippen molar-refractivity contribution in [1.29, 1.82) is 0 Å². The van der Waals surface area contributed by atoms with Gasteiger partial charge in [0.15, 0.2) is 0 Å². The zero-order valence-corrected chi connectivity index (χ0v) is 6.94. The normalized spacial score (nSPS) is 12.1. The average Bonchev–Trinajstić information content (AvgIpc) is 2.29. The van der Waals surface area contributed by atoms with E-state index in [0.717, 1.165) is 6.20 Å². The van der Waals surface area contributed by atoms with Gasteiger partial charge in [-0.3, -0.25) is 0 Å². The van der Waals surface area contributed by atoms with E-state index in [4.69, 9.17) is 0 Å². The molecule has 1 nitrogen and oxygen atoms in total. The number of hydrogen-bond acceptors (Lipinski definition) is 0.